The van der Waals surface area contributed by atoms with Gasteiger partial charge in [-0.1, -0.05) is 0 Å². The molecule has 0 saturated heterocycles. The monoisotopic (exact) mass is 190 g/mol. The van der Waals surface area contributed by atoms with E-state index in [1.165, 1.54) is 13.0 Å². The topological polar surface area (TPSA) is 76.7 Å². The molecule has 66 valence electrons. The Hall–Kier alpha value is -1.14. The quantitative estimate of drug-likeness (QED) is 0.685. The van der Waals surface area contributed by atoms with Crippen LogP contribution >= 0.6 is 0 Å². The van der Waals surface area contributed by atoms with Gasteiger partial charge in [-0.25, -0.2) is 4.79 Å². The molecule has 0 radical (unpaired) electrons. The van der Waals surface area contributed by atoms with Crippen LogP contribution in [0, 0.1) is 6.92 Å². The van der Waals surface area contributed by atoms with E-state index < -0.39 is 17.0 Å². The van der Waals surface area contributed by atoms with E-state index >= 15 is 0 Å². The highest BCUT2D eigenvalue weighted by Crippen LogP contribution is 2.09. The van der Waals surface area contributed by atoms with E-state index in [4.69, 9.17) is 4.55 Å². The first-order chi connectivity index (χ1) is 5.58. The van der Waals surface area contributed by atoms with Crippen molar-refractivity contribution in [3.63, 3.8) is 0 Å². The average Bonchev–Trinajstić information content (AvgIpc) is 1.81. The SMILES string of the molecule is Cc1cc(OS(=O)O)cc(=O)o1. The number of hydrogen-bond donors (Lipinski definition) is 1. The van der Waals surface area contributed by atoms with Crippen molar-refractivity contribution in [1.29, 1.82) is 0 Å². The maximum atomic E-state index is 10.7. The second-order valence-corrected chi connectivity index (χ2v) is 2.62. The minimum Gasteiger partial charge on any atom is -0.428 e. The summed E-state index contributed by atoms with van der Waals surface area (Å²) < 4.78 is 27.4. The van der Waals surface area contributed by atoms with E-state index in [0.717, 1.165) is 6.07 Å². The number of rotatable bonds is 2. The van der Waals surface area contributed by atoms with Crippen LogP contribution in [-0.2, 0) is 11.4 Å². The van der Waals surface area contributed by atoms with Gasteiger partial charge in [-0.05, 0) is 6.92 Å². The largest absolute Gasteiger partial charge is 0.428 e. The first kappa shape index (κ1) is 8.95. The fourth-order valence-corrected chi connectivity index (χ4v) is 0.967. The Labute approximate surface area is 70.5 Å². The molecule has 0 aliphatic carbocycles. The molecule has 0 amide bonds. The van der Waals surface area contributed by atoms with Crippen LogP contribution in [0.2, 0.25) is 0 Å². The van der Waals surface area contributed by atoms with E-state index in [2.05, 4.69) is 8.60 Å². The fourth-order valence-electron chi connectivity index (χ4n) is 0.706. The standard InChI is InChI=1S/C6H6O5S/c1-4-2-5(11-12(8)9)3-6(7)10-4/h2-3H,1H3,(H,8,9). The molecule has 1 heterocycles. The van der Waals surface area contributed by atoms with Gasteiger partial charge in [-0.15, -0.1) is 0 Å². The molecule has 6 heteroatoms. The molecule has 0 aliphatic rings. The zero-order chi connectivity index (χ0) is 9.14. The van der Waals surface area contributed by atoms with E-state index in [1.54, 1.807) is 0 Å². The molecule has 0 spiro atoms. The molecule has 0 fully saturated rings. The van der Waals surface area contributed by atoms with Crippen molar-refractivity contribution in [1.82, 2.24) is 0 Å². The summed E-state index contributed by atoms with van der Waals surface area (Å²) in [5, 5.41) is 0. The Morgan fingerprint density at radius 1 is 1.58 bits per heavy atom. The Morgan fingerprint density at radius 3 is 2.75 bits per heavy atom. The van der Waals surface area contributed by atoms with Gasteiger partial charge in [0.2, 0.25) is 0 Å². The highest BCUT2D eigenvalue weighted by atomic mass is 32.2. The summed E-state index contributed by atoms with van der Waals surface area (Å²) in [5.41, 5.74) is -0.615. The van der Waals surface area contributed by atoms with E-state index in [-0.39, 0.29) is 5.75 Å². The Kier molecular flexibility index (Phi) is 2.61. The highest BCUT2D eigenvalue weighted by Gasteiger charge is 2.01. The molecule has 5 nitrogen and oxygen atoms in total. The van der Waals surface area contributed by atoms with Crippen LogP contribution in [0.1, 0.15) is 5.76 Å². The van der Waals surface area contributed by atoms with Crippen LogP contribution in [0.4, 0.5) is 0 Å². The lowest BCUT2D eigenvalue weighted by molar-refractivity contribution is 0.440. The summed E-state index contributed by atoms with van der Waals surface area (Å²) >= 11 is -2.41. The first-order valence-electron chi connectivity index (χ1n) is 2.99. The van der Waals surface area contributed by atoms with Crippen molar-refractivity contribution in [3.8, 4) is 5.75 Å². The van der Waals surface area contributed by atoms with E-state index in [0.29, 0.717) is 5.76 Å². The minimum absolute atomic E-state index is 0.0181. The lowest BCUT2D eigenvalue weighted by Gasteiger charge is -1.98. The molecule has 0 bridgehead atoms. The Balaban J connectivity index is 3.01. The predicted molar refractivity (Wildman–Crippen MR) is 41.1 cm³/mol. The second-order valence-electron chi connectivity index (χ2n) is 2.02. The average molecular weight is 190 g/mol. The van der Waals surface area contributed by atoms with Crippen molar-refractivity contribution >= 4 is 11.4 Å². The smallest absolute Gasteiger partial charge is 0.357 e. The molecule has 1 aromatic rings. The molecular weight excluding hydrogens is 184 g/mol. The van der Waals surface area contributed by atoms with Crippen LogP contribution in [0.15, 0.2) is 21.3 Å². The maximum Gasteiger partial charge on any atom is 0.357 e. The number of aryl methyl sites for hydroxylation is 1. The van der Waals surface area contributed by atoms with Gasteiger partial charge in [-0.2, -0.15) is 4.21 Å². The zero-order valence-electron chi connectivity index (χ0n) is 6.14. The summed E-state index contributed by atoms with van der Waals surface area (Å²) in [6, 6.07) is 2.33. The van der Waals surface area contributed by atoms with Gasteiger partial charge in [-0.3, -0.25) is 4.55 Å². The van der Waals surface area contributed by atoms with Gasteiger partial charge < -0.3 is 8.60 Å². The third-order valence-corrected chi connectivity index (χ3v) is 1.37. The predicted octanol–water partition coefficient (Wildman–Crippen LogP) is 0.464. The summed E-state index contributed by atoms with van der Waals surface area (Å²) in [6.07, 6.45) is 0. The zero-order valence-corrected chi connectivity index (χ0v) is 6.96. The summed E-state index contributed by atoms with van der Waals surface area (Å²) in [7, 11) is 0. The van der Waals surface area contributed by atoms with Crippen molar-refractivity contribution in [2.45, 2.75) is 6.92 Å². The number of hydrogen-bond acceptors (Lipinski definition) is 4. The van der Waals surface area contributed by atoms with Crippen LogP contribution in [0.25, 0.3) is 0 Å². The normalized spacial score (nSPS) is 12.5. The lowest BCUT2D eigenvalue weighted by Crippen LogP contribution is -2.03. The fraction of sp³-hybridized carbons (Fsp3) is 0.167. The third-order valence-electron chi connectivity index (χ3n) is 1.03. The van der Waals surface area contributed by atoms with Gasteiger partial charge in [0, 0.05) is 6.07 Å². The maximum absolute atomic E-state index is 10.7. The Bertz CT molecular complexity index is 355. The molecule has 1 rings (SSSR count). The molecule has 1 aromatic heterocycles. The van der Waals surface area contributed by atoms with Gasteiger partial charge in [0.1, 0.15) is 5.76 Å². The summed E-state index contributed by atoms with van der Waals surface area (Å²) in [6.45, 7) is 1.54. The summed E-state index contributed by atoms with van der Waals surface area (Å²) in [4.78, 5) is 10.7. The van der Waals surface area contributed by atoms with E-state index in [1.807, 2.05) is 0 Å². The molecule has 1 atom stereocenters. The molecule has 0 saturated carbocycles. The molecule has 1 unspecified atom stereocenters. The van der Waals surface area contributed by atoms with Crippen molar-refractivity contribution in [2.24, 2.45) is 0 Å². The van der Waals surface area contributed by atoms with Gasteiger partial charge >= 0.3 is 17.0 Å². The van der Waals surface area contributed by atoms with E-state index in [9.17, 15) is 9.00 Å². The Morgan fingerprint density at radius 2 is 2.25 bits per heavy atom. The van der Waals surface area contributed by atoms with Gasteiger partial charge in [0.05, 0.1) is 6.07 Å². The van der Waals surface area contributed by atoms with Gasteiger partial charge in [0.25, 0.3) is 0 Å². The van der Waals surface area contributed by atoms with Crippen LogP contribution in [0.5, 0.6) is 5.75 Å². The summed E-state index contributed by atoms with van der Waals surface area (Å²) in [5.74, 6) is 0.340. The minimum atomic E-state index is -2.41. The second kappa shape index (κ2) is 3.51. The van der Waals surface area contributed by atoms with Gasteiger partial charge in [0.15, 0.2) is 5.75 Å². The molecule has 0 aromatic carbocycles. The van der Waals surface area contributed by atoms with Crippen molar-refractivity contribution in [3.05, 3.63) is 28.3 Å². The van der Waals surface area contributed by atoms with Crippen molar-refractivity contribution < 1.29 is 17.4 Å². The molecular formula is C6H6O5S. The molecule has 0 aliphatic heterocycles. The first-order valence-corrected chi connectivity index (χ1v) is 4.02. The van der Waals surface area contributed by atoms with Crippen LogP contribution in [0.3, 0.4) is 0 Å². The lowest BCUT2D eigenvalue weighted by atomic mass is 10.4. The molecule has 12 heavy (non-hydrogen) atoms. The van der Waals surface area contributed by atoms with Crippen LogP contribution < -0.4 is 9.81 Å². The third kappa shape index (κ3) is 2.48. The highest BCUT2D eigenvalue weighted by molar-refractivity contribution is 7.74. The van der Waals surface area contributed by atoms with Crippen LogP contribution in [-0.4, -0.2) is 8.76 Å². The van der Waals surface area contributed by atoms with Crippen molar-refractivity contribution in [2.75, 3.05) is 0 Å². The molecule has 1 N–H and O–H groups in total.